The minimum Gasteiger partial charge on any atom is -0.424 e. The van der Waals surface area contributed by atoms with Crippen molar-refractivity contribution < 1.29 is 49.8 Å². The maximum absolute atomic E-state index is 12.2. The molecule has 4 saturated carbocycles. The summed E-state index contributed by atoms with van der Waals surface area (Å²) < 4.78 is 90.1. The normalized spacial score (nSPS) is 32.1. The van der Waals surface area contributed by atoms with E-state index in [1.807, 2.05) is 0 Å². The van der Waals surface area contributed by atoms with E-state index in [1.54, 1.807) is 0 Å². The van der Waals surface area contributed by atoms with Gasteiger partial charge in [-0.25, -0.2) is 0 Å². The zero-order valence-corrected chi connectivity index (χ0v) is 16.0. The van der Waals surface area contributed by atoms with E-state index >= 15 is 0 Å². The molecule has 4 aliphatic rings. The highest BCUT2D eigenvalue weighted by Crippen LogP contribution is 2.67. The van der Waals surface area contributed by atoms with Crippen LogP contribution in [0.25, 0.3) is 0 Å². The summed E-state index contributed by atoms with van der Waals surface area (Å²) in [5.41, 5.74) is -0.786. The highest BCUT2D eigenvalue weighted by Gasteiger charge is 2.71. The van der Waals surface area contributed by atoms with Crippen molar-refractivity contribution >= 4 is 5.91 Å². The van der Waals surface area contributed by atoms with E-state index in [9.17, 15) is 31.1 Å². The first kappa shape index (κ1) is 22.3. The SMILES string of the molecule is O=C(COCCOC(F)(F)F)NC12CC(c3nnc([C@H]4C[C@@H](OC(F)(F)F)C4)o3)(C1)C2. The summed E-state index contributed by atoms with van der Waals surface area (Å²) in [6.45, 7) is -1.46. The Bertz CT molecular complexity index is 800. The third kappa shape index (κ3) is 4.95. The van der Waals surface area contributed by atoms with Crippen molar-refractivity contribution in [1.82, 2.24) is 15.5 Å². The summed E-state index contributed by atoms with van der Waals surface area (Å²) >= 11 is 0. The van der Waals surface area contributed by atoms with E-state index in [0.29, 0.717) is 25.2 Å². The third-order valence-corrected chi connectivity index (χ3v) is 5.80. The largest absolute Gasteiger partial charge is 0.522 e. The number of carbonyl (C=O) groups is 1. The van der Waals surface area contributed by atoms with Crippen LogP contribution in [0.4, 0.5) is 26.3 Å². The van der Waals surface area contributed by atoms with E-state index in [4.69, 9.17) is 9.15 Å². The lowest BCUT2D eigenvalue weighted by atomic mass is 9.39. The summed E-state index contributed by atoms with van der Waals surface area (Å²) in [4.78, 5) is 11.9. The van der Waals surface area contributed by atoms with Crippen LogP contribution in [0.2, 0.25) is 0 Å². The first-order chi connectivity index (χ1) is 14.4. The molecule has 0 spiro atoms. The molecule has 31 heavy (non-hydrogen) atoms. The molecule has 1 heterocycles. The second-order valence-electron chi connectivity index (χ2n) is 8.29. The fourth-order valence-corrected chi connectivity index (χ4v) is 4.53. The van der Waals surface area contributed by atoms with Gasteiger partial charge in [-0.15, -0.1) is 36.5 Å². The van der Waals surface area contributed by atoms with Gasteiger partial charge in [-0.1, -0.05) is 0 Å². The summed E-state index contributed by atoms with van der Waals surface area (Å²) in [6.07, 6.45) is -8.31. The Labute approximate surface area is 171 Å². The minimum atomic E-state index is -4.74. The van der Waals surface area contributed by atoms with Gasteiger partial charge in [-0.05, 0) is 32.1 Å². The van der Waals surface area contributed by atoms with Crippen LogP contribution in [-0.2, 0) is 24.4 Å². The smallest absolute Gasteiger partial charge is 0.424 e. The van der Waals surface area contributed by atoms with Gasteiger partial charge in [0.15, 0.2) is 0 Å². The molecule has 0 unspecified atom stereocenters. The Morgan fingerprint density at radius 3 is 2.35 bits per heavy atom. The molecule has 4 aliphatic carbocycles. The Hall–Kier alpha value is -1.93. The van der Waals surface area contributed by atoms with Crippen LogP contribution in [-0.4, -0.2) is 60.3 Å². The average molecular weight is 459 g/mol. The molecule has 1 amide bonds. The molecule has 5 rings (SSSR count). The molecule has 8 nitrogen and oxygen atoms in total. The highest BCUT2D eigenvalue weighted by atomic mass is 19.4. The van der Waals surface area contributed by atoms with Gasteiger partial charge in [-0.2, -0.15) is 0 Å². The van der Waals surface area contributed by atoms with Gasteiger partial charge in [0, 0.05) is 11.5 Å². The number of carbonyl (C=O) groups excluding carboxylic acids is 1. The molecule has 0 aliphatic heterocycles. The van der Waals surface area contributed by atoms with Crippen molar-refractivity contribution in [1.29, 1.82) is 0 Å². The fraction of sp³-hybridized carbons (Fsp3) is 0.824. The summed E-state index contributed by atoms with van der Waals surface area (Å²) in [5.74, 6) is -0.0292. The number of halogens is 6. The number of alkyl halides is 6. The Morgan fingerprint density at radius 2 is 1.74 bits per heavy atom. The molecule has 174 valence electrons. The number of nitrogens with one attached hydrogen (secondary N) is 1. The lowest BCUT2D eigenvalue weighted by Crippen LogP contribution is -2.77. The van der Waals surface area contributed by atoms with Crippen molar-refractivity contribution in [3.05, 3.63) is 11.8 Å². The summed E-state index contributed by atoms with van der Waals surface area (Å²) in [7, 11) is 0. The molecule has 0 saturated heterocycles. The van der Waals surface area contributed by atoms with Crippen LogP contribution in [0.1, 0.15) is 49.8 Å². The lowest BCUT2D eigenvalue weighted by Gasteiger charge is -2.68. The number of nitrogens with zero attached hydrogens (tertiary/aromatic N) is 2. The summed E-state index contributed by atoms with van der Waals surface area (Å²) in [5, 5.41) is 10.8. The number of hydrogen-bond donors (Lipinski definition) is 1. The molecule has 0 aromatic carbocycles. The fourth-order valence-electron chi connectivity index (χ4n) is 4.53. The number of rotatable bonds is 9. The average Bonchev–Trinajstić information content (AvgIpc) is 2.99. The molecule has 1 aromatic rings. The molecule has 2 bridgehead atoms. The number of aromatic nitrogens is 2. The molecule has 0 atom stereocenters. The van der Waals surface area contributed by atoms with E-state index in [-0.39, 0.29) is 43.3 Å². The highest BCUT2D eigenvalue weighted by molar-refractivity contribution is 5.79. The van der Waals surface area contributed by atoms with Gasteiger partial charge in [0.25, 0.3) is 0 Å². The van der Waals surface area contributed by atoms with Crippen LogP contribution in [0, 0.1) is 0 Å². The standard InChI is InChI=1S/C17H19F6N3O5/c18-16(19,20)29-2-1-28-5-11(27)24-15-6-14(7-15,8-15)13-26-25-12(30-13)9-3-10(4-9)31-17(21,22)23/h9-10H,1-8H2,(H,24,27)/t9-,10+,14?,15?. The second-order valence-corrected chi connectivity index (χ2v) is 8.29. The Balaban J connectivity index is 1.16. The molecule has 14 heteroatoms. The Kier molecular flexibility index (Phi) is 5.45. The second kappa shape index (κ2) is 7.59. The number of ether oxygens (including phenoxy) is 3. The van der Waals surface area contributed by atoms with Crippen molar-refractivity contribution in [3.63, 3.8) is 0 Å². The van der Waals surface area contributed by atoms with Crippen LogP contribution in [0.15, 0.2) is 4.42 Å². The van der Waals surface area contributed by atoms with Crippen molar-refractivity contribution in [2.24, 2.45) is 0 Å². The maximum atomic E-state index is 12.2. The van der Waals surface area contributed by atoms with Crippen LogP contribution in [0.5, 0.6) is 0 Å². The maximum Gasteiger partial charge on any atom is 0.522 e. The zero-order chi connectivity index (χ0) is 22.5. The van der Waals surface area contributed by atoms with Gasteiger partial charge < -0.3 is 14.5 Å². The van der Waals surface area contributed by atoms with Crippen molar-refractivity contribution in [2.45, 2.75) is 67.8 Å². The van der Waals surface area contributed by atoms with Crippen LogP contribution < -0.4 is 5.32 Å². The molecule has 0 radical (unpaired) electrons. The summed E-state index contributed by atoms with van der Waals surface area (Å²) in [6, 6.07) is 0. The van der Waals surface area contributed by atoms with Gasteiger partial charge in [0.05, 0.1) is 24.7 Å². The van der Waals surface area contributed by atoms with Crippen molar-refractivity contribution in [3.8, 4) is 0 Å². The zero-order valence-electron chi connectivity index (χ0n) is 16.0. The Morgan fingerprint density at radius 1 is 1.06 bits per heavy atom. The molecule has 1 N–H and O–H groups in total. The topological polar surface area (TPSA) is 95.7 Å². The molecular weight excluding hydrogens is 440 g/mol. The number of hydrogen-bond acceptors (Lipinski definition) is 7. The van der Waals surface area contributed by atoms with E-state index in [2.05, 4.69) is 25.0 Å². The monoisotopic (exact) mass is 459 g/mol. The predicted octanol–water partition coefficient (Wildman–Crippen LogP) is 2.70. The third-order valence-electron chi connectivity index (χ3n) is 5.80. The minimum absolute atomic E-state index is 0.155. The van der Waals surface area contributed by atoms with Gasteiger partial charge in [-0.3, -0.25) is 14.3 Å². The first-order valence-corrected chi connectivity index (χ1v) is 9.55. The van der Waals surface area contributed by atoms with E-state index in [0.717, 1.165) is 0 Å². The quantitative estimate of drug-likeness (QED) is 0.448. The van der Waals surface area contributed by atoms with E-state index in [1.165, 1.54) is 0 Å². The van der Waals surface area contributed by atoms with Gasteiger partial charge in [0.2, 0.25) is 17.7 Å². The van der Waals surface area contributed by atoms with Crippen molar-refractivity contribution in [2.75, 3.05) is 19.8 Å². The lowest BCUT2D eigenvalue weighted by molar-refractivity contribution is -0.352. The van der Waals surface area contributed by atoms with Crippen LogP contribution in [0.3, 0.4) is 0 Å². The molecule has 4 fully saturated rings. The van der Waals surface area contributed by atoms with Gasteiger partial charge >= 0.3 is 12.7 Å². The van der Waals surface area contributed by atoms with Gasteiger partial charge in [0.1, 0.15) is 6.61 Å². The molecular formula is C17H19F6N3O5. The number of amides is 1. The predicted molar refractivity (Wildman–Crippen MR) is 86.4 cm³/mol. The molecule has 1 aromatic heterocycles. The van der Waals surface area contributed by atoms with Crippen LogP contribution >= 0.6 is 0 Å². The van der Waals surface area contributed by atoms with E-state index < -0.39 is 36.9 Å². The first-order valence-electron chi connectivity index (χ1n) is 9.55.